The molecule has 0 unspecified atom stereocenters. The van der Waals surface area contributed by atoms with E-state index in [1.54, 1.807) is 29.6 Å². The first-order chi connectivity index (χ1) is 14.9. The number of hydrogen-bond acceptors (Lipinski definition) is 3. The number of rotatable bonds is 3. The first-order valence-corrected chi connectivity index (χ1v) is 9.89. The van der Waals surface area contributed by atoms with Crippen molar-refractivity contribution in [2.24, 2.45) is 7.05 Å². The Morgan fingerprint density at radius 1 is 0.935 bits per heavy atom. The second kappa shape index (κ2) is 6.80. The number of fused-ring (bicyclic) bond motifs is 3. The number of aryl methyl sites for hydroxylation is 2. The van der Waals surface area contributed by atoms with Gasteiger partial charge in [-0.25, -0.2) is 9.18 Å². The third kappa shape index (κ3) is 2.68. The quantitative estimate of drug-likeness (QED) is 0.453. The Bertz CT molecular complexity index is 1590. The zero-order valence-corrected chi connectivity index (χ0v) is 17.3. The van der Waals surface area contributed by atoms with E-state index in [1.807, 2.05) is 48.7 Å². The van der Waals surface area contributed by atoms with Crippen LogP contribution >= 0.6 is 0 Å². The lowest BCUT2D eigenvalue weighted by atomic mass is 10.2. The summed E-state index contributed by atoms with van der Waals surface area (Å²) in [7, 11) is 1.57. The number of imidazole rings is 2. The smallest absolute Gasteiger partial charge is 0.283 e. The van der Waals surface area contributed by atoms with Gasteiger partial charge in [0.25, 0.3) is 5.56 Å². The molecule has 5 aromatic rings. The summed E-state index contributed by atoms with van der Waals surface area (Å²) >= 11 is 0. The molecule has 2 aromatic carbocycles. The molecule has 0 atom stereocenters. The third-order valence-corrected chi connectivity index (χ3v) is 5.82. The van der Waals surface area contributed by atoms with E-state index in [0.717, 1.165) is 21.6 Å². The molecule has 0 spiro atoms. The minimum absolute atomic E-state index is 0.154. The molecule has 3 heterocycles. The fourth-order valence-electron chi connectivity index (χ4n) is 4.07. The minimum Gasteiger partial charge on any atom is -0.283 e. The molecule has 0 radical (unpaired) electrons. The molecule has 3 aromatic heterocycles. The highest BCUT2D eigenvalue weighted by atomic mass is 19.1. The van der Waals surface area contributed by atoms with Gasteiger partial charge in [0.1, 0.15) is 5.82 Å². The van der Waals surface area contributed by atoms with Crippen LogP contribution in [-0.4, -0.2) is 23.1 Å². The van der Waals surface area contributed by atoms with Crippen LogP contribution in [0.15, 0.2) is 64.2 Å². The predicted molar refractivity (Wildman–Crippen MR) is 117 cm³/mol. The Kier molecular flexibility index (Phi) is 4.18. The van der Waals surface area contributed by atoms with Gasteiger partial charge in [-0.3, -0.25) is 22.9 Å². The van der Waals surface area contributed by atoms with Crippen molar-refractivity contribution >= 4 is 16.9 Å². The largest absolute Gasteiger partial charge is 0.332 e. The van der Waals surface area contributed by atoms with E-state index in [4.69, 9.17) is 0 Å². The topological polar surface area (TPSA) is 66.2 Å². The van der Waals surface area contributed by atoms with Crippen LogP contribution in [0, 0.1) is 19.7 Å². The highest BCUT2D eigenvalue weighted by molar-refractivity contribution is 5.77. The summed E-state index contributed by atoms with van der Waals surface area (Å²) in [6, 6.07) is 15.8. The van der Waals surface area contributed by atoms with Crippen molar-refractivity contribution in [2.75, 3.05) is 0 Å². The van der Waals surface area contributed by atoms with Crippen LogP contribution in [0.3, 0.4) is 0 Å². The molecule has 0 aliphatic heterocycles. The average molecular weight is 417 g/mol. The molecule has 5 rings (SSSR count). The van der Waals surface area contributed by atoms with Crippen molar-refractivity contribution in [3.63, 3.8) is 0 Å². The molecular formula is C23H20FN5O2. The van der Waals surface area contributed by atoms with Gasteiger partial charge in [-0.05, 0) is 32.0 Å². The zero-order chi connectivity index (χ0) is 21.9. The number of nitrogens with zero attached hydrogens (tertiary/aromatic N) is 5. The second-order valence-electron chi connectivity index (χ2n) is 7.59. The number of para-hydroxylation sites is 1. The van der Waals surface area contributed by atoms with Crippen LogP contribution in [0.25, 0.3) is 22.6 Å². The summed E-state index contributed by atoms with van der Waals surface area (Å²) in [5, 5.41) is 0. The van der Waals surface area contributed by atoms with Crippen molar-refractivity contribution in [2.45, 2.75) is 20.4 Å². The van der Waals surface area contributed by atoms with E-state index >= 15 is 0 Å². The lowest BCUT2D eigenvalue weighted by Gasteiger charge is -2.09. The van der Waals surface area contributed by atoms with Gasteiger partial charge in [-0.15, -0.1) is 0 Å². The molecule has 0 saturated carbocycles. The highest BCUT2D eigenvalue weighted by Crippen LogP contribution is 2.24. The molecule has 0 N–H and O–H groups in total. The molecule has 0 bridgehead atoms. The Balaban J connectivity index is 1.86. The maximum Gasteiger partial charge on any atom is 0.332 e. The van der Waals surface area contributed by atoms with Gasteiger partial charge in [-0.2, -0.15) is 4.98 Å². The normalized spacial score (nSPS) is 11.6. The predicted octanol–water partition coefficient (Wildman–Crippen LogP) is 2.94. The minimum atomic E-state index is -0.540. The van der Waals surface area contributed by atoms with E-state index in [2.05, 4.69) is 4.98 Å². The van der Waals surface area contributed by atoms with Gasteiger partial charge in [0.05, 0.1) is 6.54 Å². The van der Waals surface area contributed by atoms with Crippen LogP contribution < -0.4 is 11.2 Å². The van der Waals surface area contributed by atoms with Gasteiger partial charge in [0.15, 0.2) is 11.2 Å². The summed E-state index contributed by atoms with van der Waals surface area (Å²) < 4.78 is 20.3. The molecule has 0 aliphatic rings. The van der Waals surface area contributed by atoms with Gasteiger partial charge >= 0.3 is 5.69 Å². The number of aromatic nitrogens is 5. The summed E-state index contributed by atoms with van der Waals surface area (Å²) in [6.07, 6.45) is 0. The molecule has 0 fully saturated rings. The van der Waals surface area contributed by atoms with Crippen LogP contribution in [-0.2, 0) is 13.6 Å². The summed E-state index contributed by atoms with van der Waals surface area (Å²) in [5.41, 5.74) is 2.51. The van der Waals surface area contributed by atoms with Crippen molar-refractivity contribution < 1.29 is 4.39 Å². The number of hydrogen-bond donors (Lipinski definition) is 0. The van der Waals surface area contributed by atoms with Crippen LogP contribution in [0.2, 0.25) is 0 Å². The standard InChI is InChI=1S/C23H20FN5O2/c1-14-15(2)29-19-20(25-22(29)28(14)17-10-5-4-6-11-17)26(3)23(31)27(21(19)30)13-16-9-7-8-12-18(16)24/h4-12H,13H2,1-3H3. The van der Waals surface area contributed by atoms with E-state index < -0.39 is 17.1 Å². The molecule has 0 aliphatic carbocycles. The monoisotopic (exact) mass is 417 g/mol. The van der Waals surface area contributed by atoms with Gasteiger partial charge in [-0.1, -0.05) is 36.4 Å². The van der Waals surface area contributed by atoms with E-state index in [9.17, 15) is 14.0 Å². The molecule has 156 valence electrons. The van der Waals surface area contributed by atoms with Gasteiger partial charge in [0, 0.05) is 29.7 Å². The van der Waals surface area contributed by atoms with E-state index in [1.165, 1.54) is 10.6 Å². The fourth-order valence-corrected chi connectivity index (χ4v) is 4.07. The maximum absolute atomic E-state index is 14.2. The summed E-state index contributed by atoms with van der Waals surface area (Å²) in [4.78, 5) is 31.1. The first-order valence-electron chi connectivity index (χ1n) is 9.89. The van der Waals surface area contributed by atoms with Crippen molar-refractivity contribution in [3.05, 3.63) is 98.2 Å². The number of halogens is 1. The molecule has 8 heteroatoms. The number of benzene rings is 2. The lowest BCUT2D eigenvalue weighted by molar-refractivity contribution is 0.582. The Labute approximate surface area is 176 Å². The van der Waals surface area contributed by atoms with E-state index in [-0.39, 0.29) is 12.1 Å². The Morgan fingerprint density at radius 2 is 1.61 bits per heavy atom. The molecule has 0 saturated heterocycles. The second-order valence-corrected chi connectivity index (χ2v) is 7.59. The van der Waals surface area contributed by atoms with Gasteiger partial charge in [0.2, 0.25) is 5.78 Å². The van der Waals surface area contributed by atoms with Crippen molar-refractivity contribution in [3.8, 4) is 5.69 Å². The first kappa shape index (κ1) is 19.0. The maximum atomic E-state index is 14.2. The third-order valence-electron chi connectivity index (χ3n) is 5.82. The molecule has 31 heavy (non-hydrogen) atoms. The SMILES string of the molecule is Cc1c(C)n2c3c(=O)n(Cc4ccccc4F)c(=O)n(C)c3nc2n1-c1ccccc1. The highest BCUT2D eigenvalue weighted by Gasteiger charge is 2.23. The van der Waals surface area contributed by atoms with Crippen LogP contribution in [0.1, 0.15) is 17.0 Å². The fraction of sp³-hybridized carbons (Fsp3) is 0.174. The van der Waals surface area contributed by atoms with Crippen molar-refractivity contribution in [1.82, 2.24) is 23.1 Å². The van der Waals surface area contributed by atoms with E-state index in [0.29, 0.717) is 16.9 Å². The van der Waals surface area contributed by atoms with Crippen LogP contribution in [0.5, 0.6) is 0 Å². The summed E-state index contributed by atoms with van der Waals surface area (Å²) in [5.74, 6) is 0.0872. The Morgan fingerprint density at radius 3 is 2.32 bits per heavy atom. The molecule has 7 nitrogen and oxygen atoms in total. The van der Waals surface area contributed by atoms with Gasteiger partial charge < -0.3 is 0 Å². The molecular weight excluding hydrogens is 397 g/mol. The average Bonchev–Trinajstić information content (AvgIpc) is 3.27. The Hall–Kier alpha value is -3.94. The molecule has 0 amide bonds. The summed E-state index contributed by atoms with van der Waals surface area (Å²) in [6.45, 7) is 3.72. The van der Waals surface area contributed by atoms with Crippen molar-refractivity contribution in [1.29, 1.82) is 0 Å². The van der Waals surface area contributed by atoms with Crippen LogP contribution in [0.4, 0.5) is 4.39 Å². The lowest BCUT2D eigenvalue weighted by Crippen LogP contribution is -2.39. The zero-order valence-electron chi connectivity index (χ0n) is 17.3.